The molecule has 0 bridgehead atoms. The van der Waals surface area contributed by atoms with Crippen LogP contribution in [0, 0.1) is 5.82 Å². The van der Waals surface area contributed by atoms with E-state index in [9.17, 15) is 14.4 Å². The van der Waals surface area contributed by atoms with Crippen LogP contribution >= 0.6 is 0 Å². The standard InChI is InChI=1S/C29H30FN5O4/c30-25-17-22(35-19-23(39-29(35)38)8-10-26(31)36)7-9-24(25)21-6-11-27(32-18-21)33-12-14-34(15-13-33)28(37)16-20-4-2-1-3-5-20/h1-7,9,11,17-18,23H,8,10,12-16,19H2,(H2,31,36). The summed E-state index contributed by atoms with van der Waals surface area (Å²) < 4.78 is 20.4. The Morgan fingerprint density at radius 2 is 1.79 bits per heavy atom. The number of pyridine rings is 1. The number of aromatic nitrogens is 1. The number of benzene rings is 2. The molecule has 0 radical (unpaired) electrons. The molecule has 2 N–H and O–H groups in total. The third-order valence-corrected chi connectivity index (χ3v) is 7.06. The third-order valence-electron chi connectivity index (χ3n) is 7.06. The molecule has 2 aliphatic rings. The van der Waals surface area contributed by atoms with Gasteiger partial charge in [0.15, 0.2) is 0 Å². The summed E-state index contributed by atoms with van der Waals surface area (Å²) in [5.41, 5.74) is 7.54. The second-order valence-corrected chi connectivity index (χ2v) is 9.72. The number of amides is 3. The maximum absolute atomic E-state index is 15.1. The van der Waals surface area contributed by atoms with Gasteiger partial charge in [-0.15, -0.1) is 0 Å². The Morgan fingerprint density at radius 3 is 2.46 bits per heavy atom. The van der Waals surface area contributed by atoms with Gasteiger partial charge in [0.25, 0.3) is 0 Å². The molecule has 39 heavy (non-hydrogen) atoms. The number of rotatable bonds is 8. The zero-order chi connectivity index (χ0) is 27.4. The van der Waals surface area contributed by atoms with Crippen LogP contribution in [0.4, 0.5) is 20.7 Å². The van der Waals surface area contributed by atoms with Gasteiger partial charge in [0.1, 0.15) is 17.7 Å². The lowest BCUT2D eigenvalue weighted by Gasteiger charge is -2.35. The Bertz CT molecular complexity index is 1340. The maximum atomic E-state index is 15.1. The normalized spacial score (nSPS) is 17.3. The molecule has 2 aliphatic heterocycles. The molecule has 10 heteroatoms. The van der Waals surface area contributed by atoms with Crippen LogP contribution in [0.25, 0.3) is 11.1 Å². The first-order valence-electron chi connectivity index (χ1n) is 13.0. The number of anilines is 2. The number of nitrogens with zero attached hydrogens (tertiary/aromatic N) is 4. The highest BCUT2D eigenvalue weighted by molar-refractivity contribution is 5.90. The predicted octanol–water partition coefficient (Wildman–Crippen LogP) is 3.37. The van der Waals surface area contributed by atoms with Gasteiger partial charge in [-0.25, -0.2) is 14.2 Å². The number of hydrogen-bond donors (Lipinski definition) is 1. The van der Waals surface area contributed by atoms with Crippen molar-refractivity contribution in [1.82, 2.24) is 9.88 Å². The van der Waals surface area contributed by atoms with Crippen molar-refractivity contribution in [2.24, 2.45) is 5.73 Å². The molecular formula is C29H30FN5O4. The molecule has 202 valence electrons. The number of hydrogen-bond acceptors (Lipinski definition) is 6. The Hall–Kier alpha value is -4.47. The summed E-state index contributed by atoms with van der Waals surface area (Å²) >= 11 is 0. The van der Waals surface area contributed by atoms with Crippen molar-refractivity contribution in [2.45, 2.75) is 25.4 Å². The van der Waals surface area contributed by atoms with Gasteiger partial charge in [0.2, 0.25) is 11.8 Å². The van der Waals surface area contributed by atoms with Crippen LogP contribution in [-0.2, 0) is 20.7 Å². The molecule has 1 atom stereocenters. The fourth-order valence-corrected chi connectivity index (χ4v) is 4.89. The quantitative estimate of drug-likeness (QED) is 0.478. The van der Waals surface area contributed by atoms with Crippen LogP contribution in [0.5, 0.6) is 0 Å². The van der Waals surface area contributed by atoms with E-state index in [2.05, 4.69) is 9.88 Å². The van der Waals surface area contributed by atoms with Gasteiger partial charge in [-0.2, -0.15) is 0 Å². The van der Waals surface area contributed by atoms with Crippen LogP contribution < -0.4 is 15.5 Å². The monoisotopic (exact) mass is 531 g/mol. The average molecular weight is 532 g/mol. The Kier molecular flexibility index (Phi) is 7.72. The number of primary amides is 1. The number of ether oxygens (including phenoxy) is 1. The van der Waals surface area contributed by atoms with Gasteiger partial charge in [-0.05, 0) is 42.3 Å². The number of nitrogens with two attached hydrogens (primary N) is 1. The lowest BCUT2D eigenvalue weighted by Crippen LogP contribution is -2.49. The van der Waals surface area contributed by atoms with E-state index in [0.29, 0.717) is 55.8 Å². The molecule has 0 spiro atoms. The highest BCUT2D eigenvalue weighted by Gasteiger charge is 2.32. The summed E-state index contributed by atoms with van der Waals surface area (Å²) in [5.74, 6) is -0.0593. The molecule has 2 fully saturated rings. The molecule has 0 aliphatic carbocycles. The number of carbonyl (C=O) groups excluding carboxylic acids is 3. The fourth-order valence-electron chi connectivity index (χ4n) is 4.89. The number of carbonyl (C=O) groups is 3. The summed E-state index contributed by atoms with van der Waals surface area (Å²) in [6.07, 6.45) is 1.43. The van der Waals surface area contributed by atoms with Crippen molar-refractivity contribution in [3.63, 3.8) is 0 Å². The minimum atomic E-state index is -0.579. The fraction of sp³-hybridized carbons (Fsp3) is 0.310. The van der Waals surface area contributed by atoms with Gasteiger partial charge < -0.3 is 20.3 Å². The van der Waals surface area contributed by atoms with Crippen molar-refractivity contribution < 1.29 is 23.5 Å². The molecule has 0 saturated carbocycles. The van der Waals surface area contributed by atoms with Crippen molar-refractivity contribution >= 4 is 29.4 Å². The molecule has 9 nitrogen and oxygen atoms in total. The highest BCUT2D eigenvalue weighted by atomic mass is 19.1. The first kappa shape index (κ1) is 26.1. The molecule has 3 aromatic rings. The first-order chi connectivity index (χ1) is 18.9. The van der Waals surface area contributed by atoms with Crippen molar-refractivity contribution in [3.8, 4) is 11.1 Å². The minimum Gasteiger partial charge on any atom is -0.444 e. The Morgan fingerprint density at radius 1 is 1.03 bits per heavy atom. The van der Waals surface area contributed by atoms with Crippen LogP contribution in [0.1, 0.15) is 18.4 Å². The minimum absolute atomic E-state index is 0.115. The van der Waals surface area contributed by atoms with Gasteiger partial charge in [0, 0.05) is 49.9 Å². The molecular weight excluding hydrogens is 501 g/mol. The van der Waals surface area contributed by atoms with E-state index in [4.69, 9.17) is 10.5 Å². The van der Waals surface area contributed by atoms with E-state index < -0.39 is 23.9 Å². The molecule has 3 amide bonds. The smallest absolute Gasteiger partial charge is 0.414 e. The summed E-state index contributed by atoms with van der Waals surface area (Å²) in [7, 11) is 0. The second kappa shape index (κ2) is 11.5. The molecule has 2 aromatic carbocycles. The number of piperazine rings is 1. The second-order valence-electron chi connectivity index (χ2n) is 9.72. The van der Waals surface area contributed by atoms with E-state index in [-0.39, 0.29) is 18.9 Å². The Balaban J connectivity index is 1.18. The maximum Gasteiger partial charge on any atom is 0.414 e. The largest absolute Gasteiger partial charge is 0.444 e. The van der Waals surface area contributed by atoms with Gasteiger partial charge >= 0.3 is 6.09 Å². The summed E-state index contributed by atoms with van der Waals surface area (Å²) in [6, 6.07) is 18.0. The molecule has 3 heterocycles. The Labute approximate surface area is 226 Å². The topological polar surface area (TPSA) is 109 Å². The predicted molar refractivity (Wildman–Crippen MR) is 145 cm³/mol. The van der Waals surface area contributed by atoms with Crippen molar-refractivity contribution in [1.29, 1.82) is 0 Å². The van der Waals surface area contributed by atoms with E-state index in [1.165, 1.54) is 11.0 Å². The van der Waals surface area contributed by atoms with Crippen LogP contribution in [0.2, 0.25) is 0 Å². The molecule has 2 saturated heterocycles. The van der Waals surface area contributed by atoms with Crippen molar-refractivity contribution in [3.05, 3.63) is 78.2 Å². The third kappa shape index (κ3) is 6.17. The lowest BCUT2D eigenvalue weighted by molar-refractivity contribution is -0.130. The molecule has 1 unspecified atom stereocenters. The van der Waals surface area contributed by atoms with Crippen molar-refractivity contribution in [2.75, 3.05) is 42.5 Å². The molecule has 5 rings (SSSR count). The van der Waals surface area contributed by atoms with Gasteiger partial charge in [-0.3, -0.25) is 14.5 Å². The van der Waals surface area contributed by atoms with E-state index >= 15 is 4.39 Å². The van der Waals surface area contributed by atoms with Crippen LogP contribution in [-0.4, -0.2) is 66.6 Å². The average Bonchev–Trinajstić information content (AvgIpc) is 3.33. The zero-order valence-electron chi connectivity index (χ0n) is 21.5. The lowest BCUT2D eigenvalue weighted by atomic mass is 10.1. The number of cyclic esters (lactones) is 1. The summed E-state index contributed by atoms with van der Waals surface area (Å²) in [6.45, 7) is 2.80. The van der Waals surface area contributed by atoms with Crippen LogP contribution in [0.15, 0.2) is 66.9 Å². The summed E-state index contributed by atoms with van der Waals surface area (Å²) in [4.78, 5) is 45.8. The van der Waals surface area contributed by atoms with Gasteiger partial charge in [-0.1, -0.05) is 30.3 Å². The SMILES string of the molecule is NC(=O)CCC1CN(c2ccc(-c3ccc(N4CCN(C(=O)Cc5ccccc5)CC4)nc3)c(F)c2)C(=O)O1. The summed E-state index contributed by atoms with van der Waals surface area (Å²) in [5, 5.41) is 0. The van der Waals surface area contributed by atoms with Crippen LogP contribution in [0.3, 0.4) is 0 Å². The van der Waals surface area contributed by atoms with E-state index in [1.54, 1.807) is 18.3 Å². The zero-order valence-corrected chi connectivity index (χ0v) is 21.5. The van der Waals surface area contributed by atoms with E-state index in [1.807, 2.05) is 47.4 Å². The van der Waals surface area contributed by atoms with Gasteiger partial charge in [0.05, 0.1) is 18.7 Å². The van der Waals surface area contributed by atoms with E-state index in [0.717, 1.165) is 11.4 Å². The number of halogens is 1. The first-order valence-corrected chi connectivity index (χ1v) is 13.0. The highest BCUT2D eigenvalue weighted by Crippen LogP contribution is 2.30. The molecule has 1 aromatic heterocycles.